The fourth-order valence-corrected chi connectivity index (χ4v) is 9.53. The summed E-state index contributed by atoms with van der Waals surface area (Å²) < 4.78 is 49.8. The highest BCUT2D eigenvalue weighted by Gasteiger charge is 2.78. The van der Waals surface area contributed by atoms with Gasteiger partial charge >= 0.3 is 23.9 Å². The van der Waals surface area contributed by atoms with Crippen LogP contribution in [0.1, 0.15) is 85.0 Å². The van der Waals surface area contributed by atoms with E-state index < -0.39 is 143 Å². The van der Waals surface area contributed by atoms with Crippen molar-refractivity contribution in [3.63, 3.8) is 0 Å². The molecular weight excluding hydrogens is 770 g/mol. The van der Waals surface area contributed by atoms with Crippen molar-refractivity contribution in [1.82, 2.24) is 0 Å². The SMILES string of the molecule is C[C@@H]1CC2C3C[C@H](F)C4=CC(=O)C=C[C@]4(C)[C@@]3(F)[C@@H](O)C[C@]2(C)[C@@]1(OC(=O)CCCO[N+](=O)[O-])C(=O)COC(=O)CC(OC(=O)CCCCCO[N+](=O)[O-])C(=O)O. The molecule has 57 heavy (non-hydrogen) atoms. The molecule has 0 aliphatic heterocycles. The smallest absolute Gasteiger partial charge is 0.345 e. The van der Waals surface area contributed by atoms with Crippen LogP contribution in [0, 0.1) is 48.8 Å². The first-order chi connectivity index (χ1) is 26.6. The maximum atomic E-state index is 17.8. The Morgan fingerprint density at radius 3 is 2.21 bits per heavy atom. The number of carboxylic acids is 1. The van der Waals surface area contributed by atoms with Crippen LogP contribution in [-0.4, -0.2) is 105 Å². The van der Waals surface area contributed by atoms with Crippen LogP contribution in [0.5, 0.6) is 0 Å². The number of carbonyl (C=O) groups is 6. The van der Waals surface area contributed by atoms with E-state index in [0.717, 1.165) is 12.2 Å². The van der Waals surface area contributed by atoms with Crippen molar-refractivity contribution in [3.05, 3.63) is 44.0 Å². The van der Waals surface area contributed by atoms with Crippen LogP contribution >= 0.6 is 0 Å². The van der Waals surface area contributed by atoms with E-state index in [4.69, 9.17) is 14.2 Å². The number of esters is 3. The predicted molar refractivity (Wildman–Crippen MR) is 184 cm³/mol. The van der Waals surface area contributed by atoms with Crippen molar-refractivity contribution in [2.45, 2.75) is 115 Å². The van der Waals surface area contributed by atoms with Gasteiger partial charge in [-0.15, -0.1) is 20.2 Å². The van der Waals surface area contributed by atoms with Crippen molar-refractivity contribution < 1.29 is 81.8 Å². The number of alkyl halides is 2. The lowest BCUT2D eigenvalue weighted by Gasteiger charge is -2.63. The Morgan fingerprint density at radius 1 is 0.947 bits per heavy atom. The van der Waals surface area contributed by atoms with E-state index in [2.05, 4.69) is 9.68 Å². The van der Waals surface area contributed by atoms with Gasteiger partial charge in [0, 0.05) is 35.5 Å². The Balaban J connectivity index is 1.56. The van der Waals surface area contributed by atoms with Gasteiger partial charge in [-0.1, -0.05) is 26.3 Å². The molecule has 21 heteroatoms. The Bertz CT molecular complexity index is 1710. The van der Waals surface area contributed by atoms with Crippen LogP contribution in [-0.2, 0) is 52.7 Å². The minimum Gasteiger partial charge on any atom is -0.478 e. The Labute approximate surface area is 324 Å². The summed E-state index contributed by atoms with van der Waals surface area (Å²) in [5.41, 5.74) is -8.34. The molecule has 316 valence electrons. The number of hydrogen-bond acceptors (Lipinski definition) is 16. The van der Waals surface area contributed by atoms with Gasteiger partial charge in [-0.05, 0) is 69.1 Å². The topological polar surface area (TPSA) is 275 Å². The molecule has 3 unspecified atom stereocenters. The van der Waals surface area contributed by atoms with Crippen LogP contribution in [0.3, 0.4) is 0 Å². The third kappa shape index (κ3) is 8.76. The van der Waals surface area contributed by atoms with Crippen LogP contribution in [0.2, 0.25) is 0 Å². The highest BCUT2D eigenvalue weighted by molar-refractivity contribution is 6.01. The first-order valence-corrected chi connectivity index (χ1v) is 18.5. The van der Waals surface area contributed by atoms with Crippen LogP contribution in [0.15, 0.2) is 23.8 Å². The van der Waals surface area contributed by atoms with Crippen molar-refractivity contribution in [1.29, 1.82) is 0 Å². The minimum absolute atomic E-state index is 0.0404. The molecule has 0 aromatic rings. The number of rotatable bonds is 20. The number of nitrogens with zero attached hydrogens (tertiary/aromatic N) is 2. The number of unbranched alkanes of at least 4 members (excludes halogenated alkanes) is 2. The maximum absolute atomic E-state index is 17.8. The molecule has 0 bridgehead atoms. The average Bonchev–Trinajstić information content (AvgIpc) is 3.34. The van der Waals surface area contributed by atoms with Gasteiger partial charge in [0.25, 0.3) is 10.2 Å². The summed E-state index contributed by atoms with van der Waals surface area (Å²) in [7, 11) is 0. The van der Waals surface area contributed by atoms with Crippen molar-refractivity contribution >= 4 is 35.4 Å². The van der Waals surface area contributed by atoms with Gasteiger partial charge in [-0.25, -0.2) is 13.6 Å². The Kier molecular flexibility index (Phi) is 13.8. The fraction of sp³-hybridized carbons (Fsp3) is 0.722. The van der Waals surface area contributed by atoms with Gasteiger partial charge in [-0.2, -0.15) is 0 Å². The predicted octanol–water partition coefficient (Wildman–Crippen LogP) is 3.09. The molecule has 4 aliphatic carbocycles. The first kappa shape index (κ1) is 44.6. The minimum atomic E-state index is -2.55. The van der Waals surface area contributed by atoms with E-state index in [9.17, 15) is 59.2 Å². The van der Waals surface area contributed by atoms with E-state index in [-0.39, 0.29) is 44.3 Å². The molecule has 3 fully saturated rings. The van der Waals surface area contributed by atoms with Crippen molar-refractivity contribution in [2.75, 3.05) is 19.8 Å². The van der Waals surface area contributed by atoms with E-state index in [1.807, 2.05) is 0 Å². The number of aliphatic hydroxyl groups excluding tert-OH is 1. The summed E-state index contributed by atoms with van der Waals surface area (Å²) >= 11 is 0. The number of aliphatic hydroxyl groups is 1. The largest absolute Gasteiger partial charge is 0.478 e. The van der Waals surface area contributed by atoms with E-state index in [1.165, 1.54) is 26.8 Å². The number of hydrogen-bond donors (Lipinski definition) is 2. The zero-order valence-corrected chi connectivity index (χ0v) is 31.6. The molecule has 0 radical (unpaired) electrons. The average molecular weight is 817 g/mol. The number of aliphatic carboxylic acids is 1. The first-order valence-electron chi connectivity index (χ1n) is 18.5. The number of fused-ring (bicyclic) bond motifs is 5. The molecule has 0 saturated heterocycles. The second-order valence-corrected chi connectivity index (χ2v) is 15.3. The maximum Gasteiger partial charge on any atom is 0.345 e. The molecule has 0 amide bonds. The van der Waals surface area contributed by atoms with Gasteiger partial charge in [0.15, 0.2) is 23.7 Å². The second-order valence-electron chi connectivity index (χ2n) is 15.3. The molecule has 10 atom stereocenters. The van der Waals surface area contributed by atoms with E-state index in [1.54, 1.807) is 0 Å². The van der Waals surface area contributed by atoms with Gasteiger partial charge in [-0.3, -0.25) is 24.0 Å². The fourth-order valence-electron chi connectivity index (χ4n) is 9.53. The molecular formula is C36H46F2N2O17. The Hall–Kier alpha value is -5.08. The summed E-state index contributed by atoms with van der Waals surface area (Å²) in [6.07, 6.45) is -4.82. The molecule has 4 aliphatic rings. The highest BCUT2D eigenvalue weighted by atomic mass is 19.1. The number of halogens is 2. The summed E-state index contributed by atoms with van der Waals surface area (Å²) in [5.74, 6) is -9.84. The van der Waals surface area contributed by atoms with Crippen LogP contribution < -0.4 is 0 Å². The summed E-state index contributed by atoms with van der Waals surface area (Å²) in [6, 6.07) is 0. The summed E-state index contributed by atoms with van der Waals surface area (Å²) in [6.45, 7) is 2.53. The van der Waals surface area contributed by atoms with Crippen LogP contribution in [0.4, 0.5) is 8.78 Å². The van der Waals surface area contributed by atoms with Gasteiger partial charge in [0.1, 0.15) is 6.17 Å². The third-order valence-electron chi connectivity index (χ3n) is 12.1. The standard InChI is InChI=1S/C36H46F2N2O17/c1-20-14-22-23-16-25(37)24-15-21(41)10-11-33(24,2)35(23,38)27(42)18-34(22,3)36(20,57-30(45)9-7-13-55-40(51)52)28(43)19-53-31(46)17-26(32(47)48)56-29(44)8-5-4-6-12-54-39(49)50/h10-11,15,20,22-23,25-27,42H,4-9,12-14,16-19H2,1-3H3,(H,47,48)/t20-,22?,23?,25+,26?,27+,33+,34+,35+,36+/m1/s1. The van der Waals surface area contributed by atoms with Gasteiger partial charge < -0.3 is 34.1 Å². The number of Topliss-reactive ketones (excluding diaryl/α,β-unsaturated/α-hetero) is 1. The van der Waals surface area contributed by atoms with Crippen molar-refractivity contribution in [2.24, 2.45) is 28.6 Å². The van der Waals surface area contributed by atoms with E-state index >= 15 is 8.78 Å². The van der Waals surface area contributed by atoms with Crippen LogP contribution in [0.25, 0.3) is 0 Å². The summed E-state index contributed by atoms with van der Waals surface area (Å²) in [5, 5.41) is 40.1. The molecule has 0 heterocycles. The van der Waals surface area contributed by atoms with Gasteiger partial charge in [0.05, 0.1) is 25.7 Å². The number of carboxylic acid groups (broad SMARTS) is 1. The van der Waals surface area contributed by atoms with Gasteiger partial charge in [0.2, 0.25) is 11.9 Å². The number of carbonyl (C=O) groups excluding carboxylic acids is 5. The van der Waals surface area contributed by atoms with Crippen molar-refractivity contribution in [3.8, 4) is 0 Å². The number of allylic oxidation sites excluding steroid dienone is 4. The monoisotopic (exact) mass is 816 g/mol. The second kappa shape index (κ2) is 17.6. The lowest BCUT2D eigenvalue weighted by Crippen LogP contribution is -2.71. The lowest BCUT2D eigenvalue weighted by molar-refractivity contribution is -0.757. The molecule has 2 N–H and O–H groups in total. The Morgan fingerprint density at radius 2 is 1.58 bits per heavy atom. The van der Waals surface area contributed by atoms with E-state index in [0.29, 0.717) is 6.42 Å². The number of ether oxygens (including phenoxy) is 3. The highest BCUT2D eigenvalue weighted by Crippen LogP contribution is 2.71. The zero-order chi connectivity index (χ0) is 42.5. The molecule has 3 saturated carbocycles. The quantitative estimate of drug-likeness (QED) is 0.0587. The molecule has 0 aromatic heterocycles. The molecule has 0 aromatic carbocycles. The normalized spacial score (nSPS) is 33.0. The number of ketones is 2. The third-order valence-corrected chi connectivity index (χ3v) is 12.1. The zero-order valence-electron chi connectivity index (χ0n) is 31.6. The molecule has 4 rings (SSSR count). The lowest BCUT2D eigenvalue weighted by atomic mass is 9.44. The molecule has 0 spiro atoms. The summed E-state index contributed by atoms with van der Waals surface area (Å²) in [4.78, 5) is 106. The molecule has 19 nitrogen and oxygen atoms in total.